The zero-order valence-electron chi connectivity index (χ0n) is 13.6. The van der Waals surface area contributed by atoms with Gasteiger partial charge >= 0.3 is 0 Å². The van der Waals surface area contributed by atoms with Gasteiger partial charge in [0.15, 0.2) is 0 Å². The van der Waals surface area contributed by atoms with Crippen molar-refractivity contribution in [1.29, 1.82) is 0 Å². The minimum absolute atomic E-state index is 0.170. The van der Waals surface area contributed by atoms with E-state index < -0.39 is 6.10 Å². The molecule has 21 heavy (non-hydrogen) atoms. The Morgan fingerprint density at radius 3 is 2.57 bits per heavy atom. The highest BCUT2D eigenvalue weighted by Gasteiger charge is 2.16. The fourth-order valence-corrected chi connectivity index (χ4v) is 1.97. The minimum Gasteiger partial charge on any atom is -0.389 e. The first kappa shape index (κ1) is 17.7. The molecule has 0 radical (unpaired) electrons. The number of aromatic nitrogens is 2. The summed E-state index contributed by atoms with van der Waals surface area (Å²) >= 11 is 0. The van der Waals surface area contributed by atoms with E-state index in [-0.39, 0.29) is 25.1 Å². The lowest BCUT2D eigenvalue weighted by Crippen LogP contribution is -2.35. The van der Waals surface area contributed by atoms with Crippen molar-refractivity contribution in [2.45, 2.75) is 46.8 Å². The number of carbonyl (C=O) groups excluding carboxylic acids is 1. The molecule has 1 aromatic heterocycles. The van der Waals surface area contributed by atoms with Crippen molar-refractivity contribution >= 4 is 5.91 Å². The molecule has 0 saturated carbocycles. The van der Waals surface area contributed by atoms with Crippen LogP contribution in [0.4, 0.5) is 0 Å². The van der Waals surface area contributed by atoms with Gasteiger partial charge in [-0.25, -0.2) is 0 Å². The highest BCUT2D eigenvalue weighted by atomic mass is 16.5. The molecule has 120 valence electrons. The lowest BCUT2D eigenvalue weighted by Gasteiger charge is -2.13. The molecule has 0 aliphatic carbocycles. The van der Waals surface area contributed by atoms with Crippen LogP contribution in [0.1, 0.15) is 49.8 Å². The standard InChI is InChI=1S/C15H27N3O3/c1-10(2)8-21-9-13(19)6-16-15(20)14-7-17-18(11(3)4)12(14)5/h7,10-11,13,19H,6,8-9H2,1-5H3,(H,16,20). The first-order valence-electron chi connectivity index (χ1n) is 7.41. The molecule has 1 unspecified atom stereocenters. The van der Waals surface area contributed by atoms with Crippen molar-refractivity contribution in [3.05, 3.63) is 17.5 Å². The molecule has 1 aromatic rings. The molecule has 2 N–H and O–H groups in total. The van der Waals surface area contributed by atoms with E-state index in [1.54, 1.807) is 10.9 Å². The van der Waals surface area contributed by atoms with Gasteiger partial charge in [0.25, 0.3) is 5.91 Å². The molecule has 6 nitrogen and oxygen atoms in total. The third-order valence-electron chi connectivity index (χ3n) is 3.04. The average molecular weight is 297 g/mol. The van der Waals surface area contributed by atoms with Crippen LogP contribution < -0.4 is 5.32 Å². The van der Waals surface area contributed by atoms with Gasteiger partial charge in [-0.15, -0.1) is 0 Å². The lowest BCUT2D eigenvalue weighted by atomic mass is 10.2. The van der Waals surface area contributed by atoms with Crippen LogP contribution in [0, 0.1) is 12.8 Å². The van der Waals surface area contributed by atoms with E-state index in [4.69, 9.17) is 4.74 Å². The number of nitrogens with zero attached hydrogens (tertiary/aromatic N) is 2. The Hall–Kier alpha value is -1.40. The van der Waals surface area contributed by atoms with Crippen LogP contribution in [-0.2, 0) is 4.74 Å². The largest absolute Gasteiger partial charge is 0.389 e. The third-order valence-corrected chi connectivity index (χ3v) is 3.04. The maximum Gasteiger partial charge on any atom is 0.254 e. The summed E-state index contributed by atoms with van der Waals surface area (Å²) < 4.78 is 7.14. The Bertz CT molecular complexity index is 455. The number of rotatable bonds is 8. The Kier molecular flexibility index (Phi) is 6.84. The van der Waals surface area contributed by atoms with E-state index in [2.05, 4.69) is 10.4 Å². The maximum atomic E-state index is 12.1. The van der Waals surface area contributed by atoms with Crippen LogP contribution in [0.2, 0.25) is 0 Å². The second-order valence-corrected chi connectivity index (χ2v) is 5.98. The van der Waals surface area contributed by atoms with Crippen LogP contribution in [0.25, 0.3) is 0 Å². The van der Waals surface area contributed by atoms with Gasteiger partial charge in [-0.3, -0.25) is 9.48 Å². The molecule has 1 atom stereocenters. The molecule has 0 aliphatic heterocycles. The van der Waals surface area contributed by atoms with E-state index in [0.717, 1.165) is 5.69 Å². The molecule has 0 spiro atoms. The predicted molar refractivity (Wildman–Crippen MR) is 81.3 cm³/mol. The van der Waals surface area contributed by atoms with E-state index in [9.17, 15) is 9.90 Å². The summed E-state index contributed by atoms with van der Waals surface area (Å²) in [6.07, 6.45) is 0.861. The Labute approximate surface area is 126 Å². The molecule has 6 heteroatoms. The summed E-state index contributed by atoms with van der Waals surface area (Å²) in [7, 11) is 0. The van der Waals surface area contributed by atoms with Crippen LogP contribution in [0.5, 0.6) is 0 Å². The van der Waals surface area contributed by atoms with Crippen molar-refractivity contribution in [1.82, 2.24) is 15.1 Å². The van der Waals surface area contributed by atoms with Gasteiger partial charge in [0.05, 0.1) is 24.5 Å². The number of aliphatic hydroxyl groups excluding tert-OH is 1. The van der Waals surface area contributed by atoms with Gasteiger partial charge in [0.1, 0.15) is 0 Å². The summed E-state index contributed by atoms with van der Waals surface area (Å²) in [4.78, 5) is 12.1. The quantitative estimate of drug-likeness (QED) is 0.763. The van der Waals surface area contributed by atoms with Crippen molar-refractivity contribution in [3.63, 3.8) is 0 Å². The number of hydrogen-bond donors (Lipinski definition) is 2. The topological polar surface area (TPSA) is 76.4 Å². The SMILES string of the molecule is Cc1c(C(=O)NCC(O)COCC(C)C)cnn1C(C)C. The fourth-order valence-electron chi connectivity index (χ4n) is 1.97. The Morgan fingerprint density at radius 2 is 2.05 bits per heavy atom. The van der Waals surface area contributed by atoms with Crippen LogP contribution in [0.15, 0.2) is 6.20 Å². The fraction of sp³-hybridized carbons (Fsp3) is 0.733. The first-order chi connectivity index (χ1) is 9.82. The number of amides is 1. The number of hydrogen-bond acceptors (Lipinski definition) is 4. The Morgan fingerprint density at radius 1 is 1.38 bits per heavy atom. The summed E-state index contributed by atoms with van der Waals surface area (Å²) in [5.74, 6) is 0.207. The van der Waals surface area contributed by atoms with Crippen molar-refractivity contribution in [2.75, 3.05) is 19.8 Å². The number of nitrogens with one attached hydrogen (secondary N) is 1. The predicted octanol–water partition coefficient (Wildman–Crippen LogP) is 1.54. The third kappa shape index (κ3) is 5.47. The maximum absolute atomic E-state index is 12.1. The normalized spacial score (nSPS) is 13.0. The summed E-state index contributed by atoms with van der Waals surface area (Å²) in [5.41, 5.74) is 1.37. The van der Waals surface area contributed by atoms with Crippen LogP contribution in [0.3, 0.4) is 0 Å². The van der Waals surface area contributed by atoms with Crippen molar-refractivity contribution < 1.29 is 14.6 Å². The molecular weight excluding hydrogens is 270 g/mol. The van der Waals surface area contributed by atoms with Gasteiger partial charge in [-0.1, -0.05) is 13.8 Å². The Balaban J connectivity index is 2.43. The van der Waals surface area contributed by atoms with Gasteiger partial charge < -0.3 is 15.2 Å². The van der Waals surface area contributed by atoms with Crippen molar-refractivity contribution in [3.8, 4) is 0 Å². The highest BCUT2D eigenvalue weighted by Crippen LogP contribution is 2.12. The molecule has 0 fully saturated rings. The molecule has 1 rings (SSSR count). The first-order valence-corrected chi connectivity index (χ1v) is 7.41. The molecular formula is C15H27N3O3. The van der Waals surface area contributed by atoms with Crippen LogP contribution >= 0.6 is 0 Å². The average Bonchev–Trinajstić information content (AvgIpc) is 2.77. The highest BCUT2D eigenvalue weighted by molar-refractivity contribution is 5.95. The molecule has 1 heterocycles. The summed E-state index contributed by atoms with van der Waals surface area (Å²) in [6.45, 7) is 11.0. The van der Waals surface area contributed by atoms with E-state index in [1.807, 2.05) is 34.6 Å². The van der Waals surface area contributed by atoms with Crippen LogP contribution in [-0.4, -0.2) is 46.7 Å². The van der Waals surface area contributed by atoms with E-state index >= 15 is 0 Å². The second-order valence-electron chi connectivity index (χ2n) is 5.98. The number of aliphatic hydroxyl groups is 1. The number of carbonyl (C=O) groups is 1. The zero-order chi connectivity index (χ0) is 16.0. The number of ether oxygens (including phenoxy) is 1. The molecule has 0 aliphatic rings. The van der Waals surface area contributed by atoms with Gasteiger partial charge in [0.2, 0.25) is 0 Å². The molecule has 0 aromatic carbocycles. The lowest BCUT2D eigenvalue weighted by molar-refractivity contribution is 0.0259. The van der Waals surface area contributed by atoms with E-state index in [0.29, 0.717) is 18.1 Å². The molecule has 1 amide bonds. The van der Waals surface area contributed by atoms with Gasteiger partial charge in [0, 0.05) is 24.9 Å². The van der Waals surface area contributed by atoms with E-state index in [1.165, 1.54) is 0 Å². The second kappa shape index (κ2) is 8.14. The molecule has 0 saturated heterocycles. The van der Waals surface area contributed by atoms with Crippen molar-refractivity contribution in [2.24, 2.45) is 5.92 Å². The van der Waals surface area contributed by atoms with Gasteiger partial charge in [-0.05, 0) is 26.7 Å². The monoisotopic (exact) mass is 297 g/mol. The molecule has 0 bridgehead atoms. The zero-order valence-corrected chi connectivity index (χ0v) is 13.6. The summed E-state index contributed by atoms with van der Waals surface area (Å²) in [6, 6.07) is 0.210. The van der Waals surface area contributed by atoms with Gasteiger partial charge in [-0.2, -0.15) is 5.10 Å². The summed E-state index contributed by atoms with van der Waals surface area (Å²) in [5, 5.41) is 16.7. The minimum atomic E-state index is -0.701. The smallest absolute Gasteiger partial charge is 0.254 e.